The second kappa shape index (κ2) is 35.0. The van der Waals surface area contributed by atoms with E-state index in [0.29, 0.717) is 0 Å². The summed E-state index contributed by atoms with van der Waals surface area (Å²) in [5.41, 5.74) is 0. The molecule has 5 heteroatoms. The molecule has 0 atom stereocenters. The number of hydrogen-bond donors (Lipinski definition) is 0. The average molecular weight is 379 g/mol. The van der Waals surface area contributed by atoms with Crippen molar-refractivity contribution >= 4 is 0 Å². The van der Waals surface area contributed by atoms with Crippen LogP contribution in [0.3, 0.4) is 0 Å². The quantitative estimate of drug-likeness (QED) is 0.393. The molecule has 1 radical (unpaired) electrons. The maximum absolute atomic E-state index is 0. The van der Waals surface area contributed by atoms with Crippen molar-refractivity contribution in [1.29, 1.82) is 0 Å². The zero-order valence-electron chi connectivity index (χ0n) is 1.96. The molecule has 0 heterocycles. The Kier molecular flexibility index (Phi) is 405. The summed E-state index contributed by atoms with van der Waals surface area (Å²) in [6.07, 6.45) is 0. The molecule has 0 N–H and O–H groups in total. The number of hydrogen-bond acceptors (Lipinski definition) is 0. The van der Waals surface area contributed by atoms with Gasteiger partial charge in [-0.1, -0.05) is 0 Å². The van der Waals surface area contributed by atoms with Gasteiger partial charge < -0.3 is 49.6 Å². The van der Waals surface area contributed by atoms with Crippen LogP contribution in [0.25, 0.3) is 0 Å². The van der Waals surface area contributed by atoms with Gasteiger partial charge in [0.15, 0.2) is 0 Å². The van der Waals surface area contributed by atoms with E-state index in [9.17, 15) is 0 Å². The Labute approximate surface area is 78.8 Å². The molecular weight excluding hydrogens is 379 g/mol. The van der Waals surface area contributed by atoms with Crippen molar-refractivity contribution in [1.82, 2.24) is 0 Å². The summed E-state index contributed by atoms with van der Waals surface area (Å²) < 4.78 is 0. The second-order valence-corrected chi connectivity index (χ2v) is 0. The van der Waals surface area contributed by atoms with Crippen molar-refractivity contribution < 1.29 is 79.6 Å². The summed E-state index contributed by atoms with van der Waals surface area (Å²) in [5, 5.41) is 0. The molecule has 0 nitrogen and oxygen atoms in total. The van der Waals surface area contributed by atoms with Crippen molar-refractivity contribution in [2.75, 3.05) is 0 Å². The van der Waals surface area contributed by atoms with E-state index >= 15 is 0 Å². The molecule has 0 saturated carbocycles. The summed E-state index contributed by atoms with van der Waals surface area (Å²) in [7, 11) is 0. The molecule has 0 amide bonds. The Morgan fingerprint density at radius 2 is 0.400 bits per heavy atom. The molecule has 0 unspecified atom stereocenters. The number of halogens is 4. The van der Waals surface area contributed by atoms with Crippen LogP contribution in [0.15, 0.2) is 0 Å². The summed E-state index contributed by atoms with van der Waals surface area (Å²) in [6.45, 7) is 0. The fraction of sp³-hybridized carbons (Fsp3) is 0. The molecule has 0 aliphatic heterocycles. The Balaban J connectivity index is 0. The van der Waals surface area contributed by atoms with E-state index in [1.807, 2.05) is 0 Å². The summed E-state index contributed by atoms with van der Waals surface area (Å²) in [6, 6.07) is 0. The molecule has 0 fully saturated rings. The normalized spacial score (nSPS) is 0. The second-order valence-electron chi connectivity index (χ2n) is 0. The molecule has 0 aromatic rings. The largest absolute Gasteiger partial charge is 1.00 e. The van der Waals surface area contributed by atoms with Crippen LogP contribution < -0.4 is 49.6 Å². The minimum atomic E-state index is 0. The van der Waals surface area contributed by atoms with Gasteiger partial charge in [-0.3, -0.25) is 0 Å². The van der Waals surface area contributed by atoms with Crippen LogP contribution in [0.1, 0.15) is 0 Å². The molecule has 0 aliphatic rings. The molecule has 37 valence electrons. The van der Waals surface area contributed by atoms with Gasteiger partial charge in [-0.25, -0.2) is 0 Å². The first-order valence-electron chi connectivity index (χ1n) is 0. The number of rotatable bonds is 0. The van der Waals surface area contributed by atoms with E-state index in [1.54, 1.807) is 0 Å². The van der Waals surface area contributed by atoms with Crippen LogP contribution in [0.5, 0.6) is 0 Å². The molecule has 0 aromatic heterocycles. The third kappa shape index (κ3) is 22.8. The molecule has 0 saturated heterocycles. The maximum Gasteiger partial charge on any atom is 0 e. The zero-order valence-corrected chi connectivity index (χ0v) is 8.71. The van der Waals surface area contributed by atoms with Crippen molar-refractivity contribution in [3.63, 3.8) is 0 Å². The fourth-order valence-corrected chi connectivity index (χ4v) is 0. The first-order valence-corrected chi connectivity index (χ1v) is 0. The zero-order chi connectivity index (χ0) is 0. The molecular formula is Cl4Np-4. The molecule has 0 spiro atoms. The minimum Gasteiger partial charge on any atom is -1.00 e. The standard InChI is InChI=1S/4ClH.Np/h4*1H;/p-4. The van der Waals surface area contributed by atoms with E-state index in [2.05, 4.69) is 0 Å². The van der Waals surface area contributed by atoms with Gasteiger partial charge in [0.25, 0.3) is 0 Å². The first kappa shape index (κ1) is 57.9. The maximum atomic E-state index is 0. The van der Waals surface area contributed by atoms with Gasteiger partial charge in [0.1, 0.15) is 0 Å². The van der Waals surface area contributed by atoms with Gasteiger partial charge >= 0.3 is 0 Å². The summed E-state index contributed by atoms with van der Waals surface area (Å²) in [5.74, 6) is 0. The van der Waals surface area contributed by atoms with Crippen molar-refractivity contribution in [3.05, 3.63) is 0 Å². The Morgan fingerprint density at radius 3 is 0.400 bits per heavy atom. The minimum absolute atomic E-state index is 0. The SMILES string of the molecule is [Cl-].[Cl-].[Cl-].[Cl-].[Np]. The molecule has 5 heavy (non-hydrogen) atoms. The van der Waals surface area contributed by atoms with E-state index in [1.165, 1.54) is 0 Å². The third-order valence-corrected chi connectivity index (χ3v) is 0. The molecule has 0 bridgehead atoms. The topological polar surface area (TPSA) is 0 Å². The van der Waals surface area contributed by atoms with Crippen LogP contribution in [0.2, 0.25) is 0 Å². The van der Waals surface area contributed by atoms with Gasteiger partial charge in [-0.15, -0.1) is 0 Å². The van der Waals surface area contributed by atoms with Crippen molar-refractivity contribution in [2.24, 2.45) is 0 Å². The summed E-state index contributed by atoms with van der Waals surface area (Å²) >= 11 is 0. The summed E-state index contributed by atoms with van der Waals surface area (Å²) in [4.78, 5) is 0. The van der Waals surface area contributed by atoms with Gasteiger partial charge in [0, 0.05) is 29.9 Å². The van der Waals surface area contributed by atoms with Crippen LogP contribution in [0, 0.1) is 29.9 Å². The third-order valence-electron chi connectivity index (χ3n) is 0. The van der Waals surface area contributed by atoms with E-state index in [4.69, 9.17) is 0 Å². The average Bonchev–Trinajstić information content (AvgIpc) is 0. The molecule has 0 aliphatic carbocycles. The Morgan fingerprint density at radius 1 is 0.400 bits per heavy atom. The van der Waals surface area contributed by atoms with Crippen molar-refractivity contribution in [3.8, 4) is 0 Å². The molecule has 0 aromatic carbocycles. The first-order chi connectivity index (χ1) is 0. The van der Waals surface area contributed by atoms with E-state index in [0.717, 1.165) is 0 Å². The van der Waals surface area contributed by atoms with Crippen LogP contribution in [-0.4, -0.2) is 0 Å². The van der Waals surface area contributed by atoms with E-state index in [-0.39, 0.29) is 79.6 Å². The van der Waals surface area contributed by atoms with Gasteiger partial charge in [-0.2, -0.15) is 0 Å². The smallest absolute Gasteiger partial charge is 0 e. The van der Waals surface area contributed by atoms with Crippen LogP contribution in [0.4, 0.5) is 0 Å². The fourth-order valence-electron chi connectivity index (χ4n) is 0. The predicted molar refractivity (Wildman–Crippen MR) is 0 cm³/mol. The van der Waals surface area contributed by atoms with Crippen molar-refractivity contribution in [2.45, 2.75) is 0 Å². The monoisotopic (exact) mass is 376 g/mol. The van der Waals surface area contributed by atoms with E-state index < -0.39 is 0 Å². The van der Waals surface area contributed by atoms with Crippen LogP contribution in [-0.2, 0) is 0 Å². The molecule has 0 rings (SSSR count). The Hall–Kier alpha value is 2.17. The Bertz CT molecular complexity index is 3.61. The van der Waals surface area contributed by atoms with Gasteiger partial charge in [-0.05, 0) is 0 Å². The van der Waals surface area contributed by atoms with Crippen LogP contribution >= 0.6 is 0 Å². The van der Waals surface area contributed by atoms with Gasteiger partial charge in [0.2, 0.25) is 0 Å². The van der Waals surface area contributed by atoms with Gasteiger partial charge in [0.05, 0.1) is 0 Å². The predicted octanol–water partition coefficient (Wildman–Crippen LogP) is -12.0.